The van der Waals surface area contributed by atoms with Gasteiger partial charge in [-0.3, -0.25) is 0 Å². The molecule has 2 rings (SSSR count). The predicted octanol–water partition coefficient (Wildman–Crippen LogP) is 2.93. The Morgan fingerprint density at radius 2 is 2.24 bits per heavy atom. The first-order valence-electron chi connectivity index (χ1n) is 5.45. The third-order valence-electron chi connectivity index (χ3n) is 2.43. The van der Waals surface area contributed by atoms with E-state index in [2.05, 4.69) is 21.5 Å². The number of aromatic nitrogens is 2. The van der Waals surface area contributed by atoms with Crippen molar-refractivity contribution in [1.82, 2.24) is 9.97 Å². The summed E-state index contributed by atoms with van der Waals surface area (Å²) < 4.78 is 13.7. The highest BCUT2D eigenvalue weighted by Crippen LogP contribution is 2.21. The lowest BCUT2D eigenvalue weighted by Crippen LogP contribution is -2.05. The minimum Gasteiger partial charge on any atom is -0.369 e. The van der Waals surface area contributed by atoms with E-state index in [9.17, 15) is 4.39 Å². The summed E-state index contributed by atoms with van der Waals surface area (Å²) in [5, 5.41) is 3.63. The molecule has 0 aliphatic heterocycles. The fourth-order valence-corrected chi connectivity index (χ4v) is 2.06. The number of anilines is 1. The molecular weight excluding hydrogens is 237 g/mol. The maximum Gasteiger partial charge on any atom is 0.140 e. The first-order chi connectivity index (χ1) is 8.33. The van der Waals surface area contributed by atoms with Crippen LogP contribution in [0.15, 0.2) is 24.5 Å². The smallest absolute Gasteiger partial charge is 0.140 e. The van der Waals surface area contributed by atoms with Gasteiger partial charge in [-0.25, -0.2) is 14.4 Å². The molecule has 0 aliphatic carbocycles. The van der Waals surface area contributed by atoms with Gasteiger partial charge in [0.15, 0.2) is 0 Å². The molecule has 1 aromatic heterocycles. The summed E-state index contributed by atoms with van der Waals surface area (Å²) in [5.41, 5.74) is 0.632. The molecule has 0 saturated heterocycles. The Labute approximate surface area is 104 Å². The number of nitrogens with one attached hydrogen (secondary N) is 1. The van der Waals surface area contributed by atoms with Gasteiger partial charge in [-0.1, -0.05) is 6.07 Å². The number of hydrogen-bond donors (Lipinski definition) is 1. The summed E-state index contributed by atoms with van der Waals surface area (Å²) in [5.74, 6) is 1.38. The van der Waals surface area contributed by atoms with Crippen LogP contribution in [-0.4, -0.2) is 28.5 Å². The van der Waals surface area contributed by atoms with Crippen molar-refractivity contribution in [1.29, 1.82) is 0 Å². The van der Waals surface area contributed by atoms with Crippen molar-refractivity contribution in [2.24, 2.45) is 0 Å². The van der Waals surface area contributed by atoms with Gasteiger partial charge in [0.2, 0.25) is 0 Å². The van der Waals surface area contributed by atoms with Crippen LogP contribution in [0.2, 0.25) is 0 Å². The molecule has 5 heteroatoms. The zero-order chi connectivity index (χ0) is 12.1. The van der Waals surface area contributed by atoms with Crippen LogP contribution in [-0.2, 0) is 0 Å². The van der Waals surface area contributed by atoms with Crippen LogP contribution in [0.5, 0.6) is 0 Å². The molecule has 3 nitrogen and oxygen atoms in total. The van der Waals surface area contributed by atoms with Crippen LogP contribution < -0.4 is 5.32 Å². The van der Waals surface area contributed by atoms with E-state index < -0.39 is 0 Å². The van der Waals surface area contributed by atoms with Gasteiger partial charge in [-0.2, -0.15) is 11.8 Å². The molecule has 0 atom stereocenters. The second-order valence-corrected chi connectivity index (χ2v) is 4.61. The molecule has 1 heterocycles. The molecule has 1 aromatic carbocycles. The molecule has 0 unspecified atom stereocenters. The van der Waals surface area contributed by atoms with Gasteiger partial charge in [0.1, 0.15) is 18.0 Å². The van der Waals surface area contributed by atoms with Crippen LogP contribution in [0.25, 0.3) is 10.9 Å². The topological polar surface area (TPSA) is 37.8 Å². The van der Waals surface area contributed by atoms with Crippen LogP contribution in [0.1, 0.15) is 6.42 Å². The lowest BCUT2D eigenvalue weighted by Gasteiger charge is -2.08. The average molecular weight is 251 g/mol. The molecular formula is C12H14FN3S. The molecule has 17 heavy (non-hydrogen) atoms. The number of rotatable bonds is 5. The van der Waals surface area contributed by atoms with Gasteiger partial charge in [-0.15, -0.1) is 0 Å². The van der Waals surface area contributed by atoms with Crippen molar-refractivity contribution in [3.8, 4) is 0 Å². The largest absolute Gasteiger partial charge is 0.369 e. The molecule has 2 aromatic rings. The Morgan fingerprint density at radius 3 is 3.06 bits per heavy atom. The zero-order valence-electron chi connectivity index (χ0n) is 9.61. The Balaban J connectivity index is 2.21. The Kier molecular flexibility index (Phi) is 4.14. The van der Waals surface area contributed by atoms with Crippen molar-refractivity contribution in [2.75, 3.05) is 23.9 Å². The van der Waals surface area contributed by atoms with Crippen molar-refractivity contribution in [3.05, 3.63) is 30.3 Å². The molecule has 0 radical (unpaired) electrons. The minimum atomic E-state index is -0.282. The van der Waals surface area contributed by atoms with E-state index in [0.29, 0.717) is 16.7 Å². The number of halogens is 1. The normalized spacial score (nSPS) is 10.7. The van der Waals surface area contributed by atoms with Crippen LogP contribution in [0.3, 0.4) is 0 Å². The molecule has 0 fully saturated rings. The fourth-order valence-electron chi connectivity index (χ4n) is 1.63. The van der Waals surface area contributed by atoms with E-state index in [1.807, 2.05) is 0 Å². The van der Waals surface area contributed by atoms with E-state index in [-0.39, 0.29) is 5.82 Å². The monoisotopic (exact) mass is 251 g/mol. The lowest BCUT2D eigenvalue weighted by molar-refractivity contribution is 0.639. The first-order valence-corrected chi connectivity index (χ1v) is 6.84. The Hall–Kier alpha value is -1.36. The Morgan fingerprint density at radius 1 is 1.35 bits per heavy atom. The van der Waals surface area contributed by atoms with Gasteiger partial charge in [0, 0.05) is 6.54 Å². The third-order valence-corrected chi connectivity index (χ3v) is 3.13. The summed E-state index contributed by atoms with van der Waals surface area (Å²) >= 11 is 1.80. The van der Waals surface area contributed by atoms with Crippen LogP contribution in [0, 0.1) is 5.82 Å². The van der Waals surface area contributed by atoms with Crippen molar-refractivity contribution < 1.29 is 4.39 Å². The quantitative estimate of drug-likeness (QED) is 0.829. The lowest BCUT2D eigenvalue weighted by atomic mass is 10.2. The van der Waals surface area contributed by atoms with Gasteiger partial charge < -0.3 is 5.32 Å². The summed E-state index contributed by atoms with van der Waals surface area (Å²) in [6, 6.07) is 4.87. The van der Waals surface area contributed by atoms with E-state index in [4.69, 9.17) is 0 Å². The zero-order valence-corrected chi connectivity index (χ0v) is 10.4. The third kappa shape index (κ3) is 2.85. The number of thioether (sulfide) groups is 1. The maximum atomic E-state index is 13.7. The average Bonchev–Trinajstić information content (AvgIpc) is 2.35. The van der Waals surface area contributed by atoms with Crippen LogP contribution in [0.4, 0.5) is 10.2 Å². The first kappa shape index (κ1) is 12.1. The summed E-state index contributed by atoms with van der Waals surface area (Å²) in [4.78, 5) is 8.15. The van der Waals surface area contributed by atoms with Crippen molar-refractivity contribution >= 4 is 28.5 Å². The summed E-state index contributed by atoms with van der Waals surface area (Å²) in [7, 11) is 0. The SMILES string of the molecule is CSCCCNc1ncnc2cccc(F)c12. The van der Waals surface area contributed by atoms with Gasteiger partial charge in [0.25, 0.3) is 0 Å². The molecule has 0 amide bonds. The van der Waals surface area contributed by atoms with Crippen LogP contribution >= 0.6 is 11.8 Å². The molecule has 90 valence electrons. The summed E-state index contributed by atoms with van der Waals surface area (Å²) in [6.45, 7) is 0.793. The molecule has 0 bridgehead atoms. The molecule has 0 spiro atoms. The van der Waals surface area contributed by atoms with Crippen molar-refractivity contribution in [3.63, 3.8) is 0 Å². The highest BCUT2D eigenvalue weighted by molar-refractivity contribution is 7.98. The highest BCUT2D eigenvalue weighted by Gasteiger charge is 2.07. The highest BCUT2D eigenvalue weighted by atomic mass is 32.2. The number of hydrogen-bond acceptors (Lipinski definition) is 4. The molecule has 0 saturated carbocycles. The second-order valence-electron chi connectivity index (χ2n) is 3.63. The van der Waals surface area contributed by atoms with E-state index in [1.165, 1.54) is 12.4 Å². The molecule has 1 N–H and O–H groups in total. The fraction of sp³-hybridized carbons (Fsp3) is 0.333. The second kappa shape index (κ2) is 5.82. The van der Waals surface area contributed by atoms with Gasteiger partial charge in [0.05, 0.1) is 10.9 Å². The summed E-state index contributed by atoms with van der Waals surface area (Å²) in [6.07, 6.45) is 4.56. The number of benzene rings is 1. The van der Waals surface area contributed by atoms with E-state index in [0.717, 1.165) is 18.7 Å². The van der Waals surface area contributed by atoms with E-state index >= 15 is 0 Å². The number of fused-ring (bicyclic) bond motifs is 1. The van der Waals surface area contributed by atoms with Gasteiger partial charge >= 0.3 is 0 Å². The predicted molar refractivity (Wildman–Crippen MR) is 71.0 cm³/mol. The maximum absolute atomic E-state index is 13.7. The van der Waals surface area contributed by atoms with Crippen molar-refractivity contribution in [2.45, 2.75) is 6.42 Å². The van der Waals surface area contributed by atoms with E-state index in [1.54, 1.807) is 23.9 Å². The van der Waals surface area contributed by atoms with Gasteiger partial charge in [-0.05, 0) is 30.6 Å². The minimum absolute atomic E-state index is 0.282. The number of nitrogens with zero attached hydrogens (tertiary/aromatic N) is 2. The molecule has 0 aliphatic rings. The Bertz CT molecular complexity index is 499. The standard InChI is InChI=1S/C12H14FN3S/c1-17-7-3-6-14-12-11-9(13)4-2-5-10(11)15-8-16-12/h2,4-5,8H,3,6-7H2,1H3,(H,14,15,16).